The molecule has 0 aliphatic heterocycles. The van der Waals surface area contributed by atoms with Crippen molar-refractivity contribution in [1.29, 1.82) is 0 Å². The lowest BCUT2D eigenvalue weighted by Gasteiger charge is -2.36. The second kappa shape index (κ2) is 10.8. The Labute approximate surface area is 209 Å². The van der Waals surface area contributed by atoms with E-state index in [0.29, 0.717) is 31.2 Å². The van der Waals surface area contributed by atoms with Crippen molar-refractivity contribution in [2.24, 2.45) is 0 Å². The standard InChI is InChI=1S/C25H23F3N4O5/c26-25(27,28)37-18-11-9-16(10-12-18)20(34)30-24(13-5-2-6-14-24)23(35)29-15-19(33)22-32-31-21(36-22)17-7-3-1-4-8-17/h1,3-4,7-12H,2,5-6,13-15H2,(H,29,35)(H,30,34). The van der Waals surface area contributed by atoms with E-state index in [1.807, 2.05) is 6.07 Å². The number of hydrogen-bond acceptors (Lipinski definition) is 7. The number of nitrogens with zero attached hydrogens (tertiary/aromatic N) is 2. The van der Waals surface area contributed by atoms with E-state index in [1.165, 1.54) is 12.1 Å². The Morgan fingerprint density at radius 1 is 0.946 bits per heavy atom. The van der Waals surface area contributed by atoms with Crippen molar-refractivity contribution in [1.82, 2.24) is 20.8 Å². The van der Waals surface area contributed by atoms with Gasteiger partial charge in [-0.2, -0.15) is 0 Å². The van der Waals surface area contributed by atoms with Crippen LogP contribution >= 0.6 is 0 Å². The number of carbonyl (C=O) groups excluding carboxylic acids is 3. The van der Waals surface area contributed by atoms with Gasteiger partial charge >= 0.3 is 6.36 Å². The third kappa shape index (κ3) is 6.51. The molecule has 1 aromatic heterocycles. The zero-order valence-electron chi connectivity index (χ0n) is 19.5. The molecule has 0 saturated heterocycles. The predicted molar refractivity (Wildman–Crippen MR) is 123 cm³/mol. The summed E-state index contributed by atoms with van der Waals surface area (Å²) in [5.41, 5.74) is -0.580. The van der Waals surface area contributed by atoms with Crippen LogP contribution in [0.15, 0.2) is 59.0 Å². The van der Waals surface area contributed by atoms with E-state index in [-0.39, 0.29) is 17.3 Å². The fraction of sp³-hybridized carbons (Fsp3) is 0.320. The molecular weight excluding hydrogens is 493 g/mol. The van der Waals surface area contributed by atoms with Crippen LogP contribution < -0.4 is 15.4 Å². The van der Waals surface area contributed by atoms with Crippen molar-refractivity contribution in [2.75, 3.05) is 6.54 Å². The first-order valence-electron chi connectivity index (χ1n) is 11.5. The molecule has 12 heteroatoms. The van der Waals surface area contributed by atoms with Gasteiger partial charge in [-0.3, -0.25) is 14.4 Å². The van der Waals surface area contributed by atoms with Gasteiger partial charge < -0.3 is 19.8 Å². The van der Waals surface area contributed by atoms with Gasteiger partial charge in [-0.05, 0) is 49.2 Å². The van der Waals surface area contributed by atoms with Crippen molar-refractivity contribution in [3.8, 4) is 17.2 Å². The van der Waals surface area contributed by atoms with Crippen LogP contribution in [0.3, 0.4) is 0 Å². The first-order valence-corrected chi connectivity index (χ1v) is 11.5. The first-order chi connectivity index (χ1) is 17.7. The van der Waals surface area contributed by atoms with Crippen molar-refractivity contribution >= 4 is 17.6 Å². The summed E-state index contributed by atoms with van der Waals surface area (Å²) in [4.78, 5) is 38.6. The molecule has 2 amide bonds. The van der Waals surface area contributed by atoms with Gasteiger partial charge in [0.05, 0.1) is 6.54 Å². The number of halogens is 3. The molecule has 37 heavy (non-hydrogen) atoms. The number of ketones is 1. The molecule has 2 N–H and O–H groups in total. The van der Waals surface area contributed by atoms with Crippen LogP contribution in [0.4, 0.5) is 13.2 Å². The Kier molecular flexibility index (Phi) is 7.55. The number of amides is 2. The second-order valence-corrected chi connectivity index (χ2v) is 8.55. The molecule has 0 bridgehead atoms. The summed E-state index contributed by atoms with van der Waals surface area (Å²) in [6, 6.07) is 13.3. The number of hydrogen-bond donors (Lipinski definition) is 2. The lowest BCUT2D eigenvalue weighted by molar-refractivity contribution is -0.274. The summed E-state index contributed by atoms with van der Waals surface area (Å²) in [5.74, 6) is -2.34. The summed E-state index contributed by atoms with van der Waals surface area (Å²) in [6.07, 6.45) is -1.96. The Balaban J connectivity index is 1.40. The number of ether oxygens (including phenoxy) is 1. The minimum atomic E-state index is -4.85. The summed E-state index contributed by atoms with van der Waals surface area (Å²) < 4.78 is 46.4. The fourth-order valence-corrected chi connectivity index (χ4v) is 4.10. The van der Waals surface area contributed by atoms with E-state index >= 15 is 0 Å². The van der Waals surface area contributed by atoms with Crippen LogP contribution in [0, 0.1) is 0 Å². The number of aromatic nitrogens is 2. The minimum Gasteiger partial charge on any atom is -0.414 e. The Bertz CT molecular complexity index is 1250. The van der Waals surface area contributed by atoms with E-state index < -0.39 is 41.8 Å². The molecule has 1 aliphatic carbocycles. The maximum Gasteiger partial charge on any atom is 0.573 e. The molecule has 1 heterocycles. The number of rotatable bonds is 8. The normalized spacial score (nSPS) is 15.0. The molecule has 4 rings (SSSR count). The smallest absolute Gasteiger partial charge is 0.414 e. The highest BCUT2D eigenvalue weighted by molar-refractivity contribution is 6.01. The van der Waals surface area contributed by atoms with Gasteiger partial charge in [0.25, 0.3) is 11.8 Å². The van der Waals surface area contributed by atoms with Crippen LogP contribution in [0.25, 0.3) is 11.5 Å². The number of benzene rings is 2. The molecule has 0 atom stereocenters. The number of alkyl halides is 3. The highest BCUT2D eigenvalue weighted by atomic mass is 19.4. The van der Waals surface area contributed by atoms with Crippen molar-refractivity contribution in [3.63, 3.8) is 0 Å². The van der Waals surface area contributed by atoms with E-state index in [1.54, 1.807) is 24.3 Å². The molecule has 194 valence electrons. The first kappa shape index (κ1) is 25.9. The number of Topliss-reactive ketones (excluding diaryl/α,β-unsaturated/α-hetero) is 1. The largest absolute Gasteiger partial charge is 0.573 e. The van der Waals surface area contributed by atoms with Gasteiger partial charge in [-0.25, -0.2) is 0 Å². The Morgan fingerprint density at radius 3 is 2.27 bits per heavy atom. The highest BCUT2D eigenvalue weighted by Crippen LogP contribution is 2.29. The number of carbonyl (C=O) groups is 3. The van der Waals surface area contributed by atoms with Crippen molar-refractivity contribution in [3.05, 3.63) is 66.1 Å². The van der Waals surface area contributed by atoms with Gasteiger partial charge in [-0.15, -0.1) is 23.4 Å². The average Bonchev–Trinajstić information content (AvgIpc) is 3.38. The van der Waals surface area contributed by atoms with E-state index in [4.69, 9.17) is 4.42 Å². The molecule has 1 aliphatic rings. The molecule has 2 aromatic carbocycles. The maximum absolute atomic E-state index is 13.2. The summed E-state index contributed by atoms with van der Waals surface area (Å²) in [7, 11) is 0. The van der Waals surface area contributed by atoms with E-state index in [9.17, 15) is 27.6 Å². The van der Waals surface area contributed by atoms with Gasteiger partial charge in [0.15, 0.2) is 0 Å². The zero-order valence-corrected chi connectivity index (χ0v) is 19.5. The third-order valence-corrected chi connectivity index (χ3v) is 5.94. The molecule has 0 radical (unpaired) electrons. The van der Waals surface area contributed by atoms with Crippen molar-refractivity contribution in [2.45, 2.75) is 44.0 Å². The highest BCUT2D eigenvalue weighted by Gasteiger charge is 2.41. The summed E-state index contributed by atoms with van der Waals surface area (Å²) in [5, 5.41) is 12.9. The third-order valence-electron chi connectivity index (χ3n) is 5.94. The molecule has 0 spiro atoms. The molecule has 9 nitrogen and oxygen atoms in total. The topological polar surface area (TPSA) is 123 Å². The van der Waals surface area contributed by atoms with Gasteiger partial charge in [0.2, 0.25) is 17.6 Å². The van der Waals surface area contributed by atoms with Crippen LogP contribution in [0.2, 0.25) is 0 Å². The molecular formula is C25H23F3N4O5. The minimum absolute atomic E-state index is 0.0580. The fourth-order valence-electron chi connectivity index (χ4n) is 4.10. The second-order valence-electron chi connectivity index (χ2n) is 8.55. The maximum atomic E-state index is 13.2. The average molecular weight is 516 g/mol. The lowest BCUT2D eigenvalue weighted by Crippen LogP contribution is -2.60. The van der Waals surface area contributed by atoms with Gasteiger partial charge in [-0.1, -0.05) is 37.5 Å². The van der Waals surface area contributed by atoms with Gasteiger partial charge in [0.1, 0.15) is 11.3 Å². The Morgan fingerprint density at radius 2 is 1.62 bits per heavy atom. The quantitative estimate of drug-likeness (QED) is 0.433. The van der Waals surface area contributed by atoms with Crippen LogP contribution in [0.1, 0.15) is 53.1 Å². The Hall–Kier alpha value is -4.22. The van der Waals surface area contributed by atoms with E-state index in [2.05, 4.69) is 25.6 Å². The molecule has 0 unspecified atom stereocenters. The zero-order chi connectivity index (χ0) is 26.5. The lowest BCUT2D eigenvalue weighted by atomic mass is 9.80. The van der Waals surface area contributed by atoms with E-state index in [0.717, 1.165) is 18.6 Å². The molecule has 3 aromatic rings. The SMILES string of the molecule is O=C(NC1(C(=O)NCC(=O)c2nnc(-c3ccccc3)o2)CCCCC1)c1ccc(OC(F)(F)F)cc1. The predicted octanol–water partition coefficient (Wildman–Crippen LogP) is 4.07. The van der Waals surface area contributed by atoms with Crippen molar-refractivity contribution < 1.29 is 36.7 Å². The van der Waals surface area contributed by atoms with Gasteiger partial charge in [0, 0.05) is 11.1 Å². The van der Waals surface area contributed by atoms with Crippen LogP contribution in [0.5, 0.6) is 5.75 Å². The summed E-state index contributed by atoms with van der Waals surface area (Å²) >= 11 is 0. The molecule has 1 saturated carbocycles. The summed E-state index contributed by atoms with van der Waals surface area (Å²) in [6.45, 7) is -0.420. The van der Waals surface area contributed by atoms with Crippen LogP contribution in [-0.4, -0.2) is 46.2 Å². The number of nitrogens with one attached hydrogen (secondary N) is 2. The molecule has 1 fully saturated rings. The monoisotopic (exact) mass is 516 g/mol. The van der Waals surface area contributed by atoms with Crippen LogP contribution in [-0.2, 0) is 4.79 Å².